The number of nitriles is 1. The van der Waals surface area contributed by atoms with Crippen molar-refractivity contribution in [3.05, 3.63) is 0 Å². The Hall–Kier alpha value is -0.510. The van der Waals surface area contributed by atoms with Crippen molar-refractivity contribution in [2.24, 2.45) is 5.92 Å². The van der Waals surface area contributed by atoms with Gasteiger partial charge in [0, 0.05) is 5.92 Å². The Labute approximate surface area is 76.8 Å². The molecule has 0 saturated heterocycles. The Balaban J connectivity index is 3.35. The van der Waals surface area contributed by atoms with Crippen LogP contribution in [0.1, 0.15) is 58.8 Å². The molecule has 0 aliphatic carbocycles. The first kappa shape index (κ1) is 11.5. The van der Waals surface area contributed by atoms with E-state index in [-0.39, 0.29) is 0 Å². The Morgan fingerprint density at radius 2 is 1.58 bits per heavy atom. The third-order valence-corrected chi connectivity index (χ3v) is 2.24. The molecular formula is C11H21N. The summed E-state index contributed by atoms with van der Waals surface area (Å²) in [4.78, 5) is 0. The lowest BCUT2D eigenvalue weighted by atomic mass is 9.97. The van der Waals surface area contributed by atoms with E-state index >= 15 is 0 Å². The lowest BCUT2D eigenvalue weighted by Crippen LogP contribution is -1.96. The number of unbranched alkanes of at least 4 members (excludes halogenated alkanes) is 3. The summed E-state index contributed by atoms with van der Waals surface area (Å²) in [7, 11) is 0. The standard InChI is InChI=1S/C11H21N/c1-3-5-7-9-11(10-12)8-6-4-2/h11H,3-9H2,1-2H3/t11-/m1/s1. The summed E-state index contributed by atoms with van der Waals surface area (Å²) in [6.07, 6.45) is 8.42. The van der Waals surface area contributed by atoms with Crippen molar-refractivity contribution in [2.75, 3.05) is 0 Å². The molecule has 0 radical (unpaired) electrons. The normalized spacial score (nSPS) is 12.4. The minimum Gasteiger partial charge on any atom is -0.198 e. The van der Waals surface area contributed by atoms with E-state index in [4.69, 9.17) is 5.26 Å². The molecule has 0 aromatic carbocycles. The van der Waals surface area contributed by atoms with Crippen molar-refractivity contribution in [3.8, 4) is 6.07 Å². The maximum atomic E-state index is 8.80. The molecule has 0 aliphatic heterocycles. The molecule has 0 amide bonds. The van der Waals surface area contributed by atoms with E-state index in [0.29, 0.717) is 5.92 Å². The molecule has 0 N–H and O–H groups in total. The van der Waals surface area contributed by atoms with E-state index in [2.05, 4.69) is 19.9 Å². The number of rotatable bonds is 7. The van der Waals surface area contributed by atoms with Crippen LogP contribution in [-0.4, -0.2) is 0 Å². The second kappa shape index (κ2) is 8.59. The molecule has 12 heavy (non-hydrogen) atoms. The molecule has 1 atom stereocenters. The fraction of sp³-hybridized carbons (Fsp3) is 0.909. The third kappa shape index (κ3) is 6.22. The Morgan fingerprint density at radius 1 is 1.00 bits per heavy atom. The summed E-state index contributed by atoms with van der Waals surface area (Å²) in [6, 6.07) is 2.40. The molecule has 0 unspecified atom stereocenters. The van der Waals surface area contributed by atoms with Crippen LogP contribution >= 0.6 is 0 Å². The molecule has 0 rings (SSSR count). The highest BCUT2D eigenvalue weighted by molar-refractivity contribution is 4.81. The lowest BCUT2D eigenvalue weighted by molar-refractivity contribution is 0.498. The smallest absolute Gasteiger partial charge is 0.0655 e. The summed E-state index contributed by atoms with van der Waals surface area (Å²) >= 11 is 0. The molecule has 0 saturated carbocycles. The zero-order valence-electron chi connectivity index (χ0n) is 8.47. The summed E-state index contributed by atoms with van der Waals surface area (Å²) in [6.45, 7) is 4.38. The highest BCUT2D eigenvalue weighted by Gasteiger charge is 2.05. The van der Waals surface area contributed by atoms with E-state index in [0.717, 1.165) is 12.8 Å². The van der Waals surface area contributed by atoms with Gasteiger partial charge in [-0.3, -0.25) is 0 Å². The fourth-order valence-electron chi connectivity index (χ4n) is 1.36. The van der Waals surface area contributed by atoms with Crippen LogP contribution in [0, 0.1) is 17.2 Å². The van der Waals surface area contributed by atoms with Crippen molar-refractivity contribution < 1.29 is 0 Å². The second-order valence-electron chi connectivity index (χ2n) is 3.46. The molecule has 1 nitrogen and oxygen atoms in total. The van der Waals surface area contributed by atoms with Gasteiger partial charge in [-0.05, 0) is 12.8 Å². The van der Waals surface area contributed by atoms with Gasteiger partial charge in [-0.15, -0.1) is 0 Å². The molecular weight excluding hydrogens is 146 g/mol. The van der Waals surface area contributed by atoms with Crippen molar-refractivity contribution in [3.63, 3.8) is 0 Å². The topological polar surface area (TPSA) is 23.8 Å². The average Bonchev–Trinajstić information content (AvgIpc) is 2.11. The molecule has 0 aromatic heterocycles. The van der Waals surface area contributed by atoms with Gasteiger partial charge in [0.05, 0.1) is 6.07 Å². The van der Waals surface area contributed by atoms with Gasteiger partial charge >= 0.3 is 0 Å². The monoisotopic (exact) mass is 167 g/mol. The van der Waals surface area contributed by atoms with E-state index in [1.807, 2.05) is 0 Å². The number of hydrogen-bond donors (Lipinski definition) is 0. The fourth-order valence-corrected chi connectivity index (χ4v) is 1.36. The zero-order chi connectivity index (χ0) is 9.23. The molecule has 0 spiro atoms. The van der Waals surface area contributed by atoms with Gasteiger partial charge in [0.2, 0.25) is 0 Å². The minimum atomic E-state index is 0.330. The van der Waals surface area contributed by atoms with Crippen molar-refractivity contribution in [2.45, 2.75) is 58.8 Å². The second-order valence-corrected chi connectivity index (χ2v) is 3.46. The van der Waals surface area contributed by atoms with Crippen LogP contribution in [0.4, 0.5) is 0 Å². The van der Waals surface area contributed by atoms with Crippen LogP contribution in [0.25, 0.3) is 0 Å². The van der Waals surface area contributed by atoms with Gasteiger partial charge < -0.3 is 0 Å². The number of hydrogen-bond acceptors (Lipinski definition) is 1. The highest BCUT2D eigenvalue weighted by Crippen LogP contribution is 2.15. The third-order valence-electron chi connectivity index (χ3n) is 2.24. The van der Waals surface area contributed by atoms with E-state index in [1.54, 1.807) is 0 Å². The van der Waals surface area contributed by atoms with E-state index < -0.39 is 0 Å². The molecule has 0 heterocycles. The zero-order valence-corrected chi connectivity index (χ0v) is 8.47. The summed E-state index contributed by atoms with van der Waals surface area (Å²) in [5, 5.41) is 8.80. The minimum absolute atomic E-state index is 0.330. The van der Waals surface area contributed by atoms with E-state index in [1.165, 1.54) is 32.1 Å². The molecule has 0 fully saturated rings. The van der Waals surface area contributed by atoms with Crippen LogP contribution in [0.2, 0.25) is 0 Å². The largest absolute Gasteiger partial charge is 0.198 e. The van der Waals surface area contributed by atoms with Gasteiger partial charge in [0.1, 0.15) is 0 Å². The Bertz CT molecular complexity index is 123. The Kier molecular flexibility index (Phi) is 8.22. The van der Waals surface area contributed by atoms with Crippen molar-refractivity contribution in [1.29, 1.82) is 5.26 Å². The Morgan fingerprint density at radius 3 is 2.08 bits per heavy atom. The summed E-state index contributed by atoms with van der Waals surface area (Å²) < 4.78 is 0. The SMILES string of the molecule is CCCCC[C@H](C#N)CCCC. The van der Waals surface area contributed by atoms with E-state index in [9.17, 15) is 0 Å². The lowest BCUT2D eigenvalue weighted by Gasteiger charge is -2.06. The van der Waals surface area contributed by atoms with Crippen molar-refractivity contribution in [1.82, 2.24) is 0 Å². The first-order chi connectivity index (χ1) is 5.85. The molecule has 0 aliphatic rings. The van der Waals surface area contributed by atoms with Crippen LogP contribution in [0.5, 0.6) is 0 Å². The first-order valence-corrected chi connectivity index (χ1v) is 5.24. The van der Waals surface area contributed by atoms with Gasteiger partial charge in [-0.1, -0.05) is 46.0 Å². The van der Waals surface area contributed by atoms with Crippen LogP contribution < -0.4 is 0 Å². The quantitative estimate of drug-likeness (QED) is 0.527. The first-order valence-electron chi connectivity index (χ1n) is 5.24. The maximum absolute atomic E-state index is 8.80. The predicted molar refractivity (Wildman–Crippen MR) is 52.8 cm³/mol. The maximum Gasteiger partial charge on any atom is 0.0655 e. The predicted octanol–water partition coefficient (Wildman–Crippen LogP) is 3.90. The van der Waals surface area contributed by atoms with Gasteiger partial charge in [0.25, 0.3) is 0 Å². The number of nitrogens with zero attached hydrogens (tertiary/aromatic N) is 1. The van der Waals surface area contributed by atoms with Gasteiger partial charge in [-0.25, -0.2) is 0 Å². The molecule has 70 valence electrons. The van der Waals surface area contributed by atoms with Crippen LogP contribution in [0.3, 0.4) is 0 Å². The van der Waals surface area contributed by atoms with Crippen LogP contribution in [-0.2, 0) is 0 Å². The molecule has 0 aromatic rings. The van der Waals surface area contributed by atoms with Crippen molar-refractivity contribution >= 4 is 0 Å². The summed E-state index contributed by atoms with van der Waals surface area (Å²) in [5.74, 6) is 0.330. The van der Waals surface area contributed by atoms with Crippen LogP contribution in [0.15, 0.2) is 0 Å². The highest BCUT2D eigenvalue weighted by atomic mass is 14.3. The molecule has 1 heteroatoms. The molecule has 0 bridgehead atoms. The van der Waals surface area contributed by atoms with Gasteiger partial charge in [0.15, 0.2) is 0 Å². The summed E-state index contributed by atoms with van der Waals surface area (Å²) in [5.41, 5.74) is 0. The average molecular weight is 167 g/mol. The van der Waals surface area contributed by atoms with Gasteiger partial charge in [-0.2, -0.15) is 5.26 Å².